The molecule has 0 aromatic heterocycles. The van der Waals surface area contributed by atoms with E-state index < -0.39 is 18.1 Å². The molecule has 1 aliphatic rings. The summed E-state index contributed by atoms with van der Waals surface area (Å²) in [5, 5.41) is 9.75. The van der Waals surface area contributed by atoms with Gasteiger partial charge in [-0.05, 0) is 44.6 Å². The number of rotatable bonds is 9. The summed E-state index contributed by atoms with van der Waals surface area (Å²) in [7, 11) is 1.48. The van der Waals surface area contributed by atoms with Crippen LogP contribution >= 0.6 is 23.8 Å². The fourth-order valence-corrected chi connectivity index (χ4v) is 4.16. The third-order valence-corrected chi connectivity index (χ3v) is 5.87. The topological polar surface area (TPSA) is 97.9 Å². The van der Waals surface area contributed by atoms with E-state index in [9.17, 15) is 9.59 Å². The number of hydrogen-bond donors (Lipinski definition) is 3. The second-order valence-corrected chi connectivity index (χ2v) is 8.59. The molecule has 3 N–H and O–H groups in total. The Morgan fingerprint density at radius 2 is 1.91 bits per heavy atom. The molecule has 8 nitrogen and oxygen atoms in total. The van der Waals surface area contributed by atoms with Crippen molar-refractivity contribution in [2.24, 2.45) is 0 Å². The molecular formula is C25H28ClN3O5S. The highest BCUT2D eigenvalue weighted by Gasteiger charge is 2.32. The van der Waals surface area contributed by atoms with Crippen molar-refractivity contribution in [1.82, 2.24) is 16.0 Å². The van der Waals surface area contributed by atoms with Gasteiger partial charge in [-0.2, -0.15) is 0 Å². The van der Waals surface area contributed by atoms with Gasteiger partial charge in [0.1, 0.15) is 0 Å². The molecule has 0 saturated heterocycles. The number of allylic oxidation sites excluding steroid dienone is 1. The number of halogens is 1. The molecule has 1 heterocycles. The maximum absolute atomic E-state index is 13.2. The summed E-state index contributed by atoms with van der Waals surface area (Å²) in [5.41, 5.74) is 2.58. The van der Waals surface area contributed by atoms with Crippen molar-refractivity contribution in [3.05, 3.63) is 69.9 Å². The molecule has 0 fully saturated rings. The Morgan fingerprint density at radius 3 is 2.57 bits per heavy atom. The molecule has 35 heavy (non-hydrogen) atoms. The van der Waals surface area contributed by atoms with E-state index in [1.165, 1.54) is 7.11 Å². The van der Waals surface area contributed by atoms with Crippen LogP contribution in [0.4, 0.5) is 0 Å². The quantitative estimate of drug-likeness (QED) is 0.341. The van der Waals surface area contributed by atoms with Crippen LogP contribution in [0, 0.1) is 0 Å². The summed E-state index contributed by atoms with van der Waals surface area (Å²) >= 11 is 12.0. The molecule has 186 valence electrons. The molecule has 0 spiro atoms. The number of nitrogens with one attached hydrogen (secondary N) is 3. The van der Waals surface area contributed by atoms with Crippen LogP contribution < -0.4 is 25.4 Å². The van der Waals surface area contributed by atoms with Crippen molar-refractivity contribution in [2.45, 2.75) is 39.5 Å². The zero-order valence-corrected chi connectivity index (χ0v) is 21.5. The third kappa shape index (κ3) is 6.43. The van der Waals surface area contributed by atoms with E-state index >= 15 is 0 Å². The highest BCUT2D eigenvalue weighted by Crippen LogP contribution is 2.39. The van der Waals surface area contributed by atoms with Crippen LogP contribution in [0.5, 0.6) is 11.5 Å². The van der Waals surface area contributed by atoms with Crippen LogP contribution in [0.1, 0.15) is 37.9 Å². The van der Waals surface area contributed by atoms with E-state index in [2.05, 4.69) is 16.0 Å². The Labute approximate surface area is 215 Å². The molecule has 2 aromatic rings. The Kier molecular flexibility index (Phi) is 8.95. The molecule has 0 bridgehead atoms. The fourth-order valence-electron chi connectivity index (χ4n) is 3.62. The van der Waals surface area contributed by atoms with Crippen molar-refractivity contribution in [3.8, 4) is 11.5 Å². The molecule has 2 atom stereocenters. The van der Waals surface area contributed by atoms with Gasteiger partial charge >= 0.3 is 5.97 Å². The lowest BCUT2D eigenvalue weighted by molar-refractivity contribution is -0.150. The number of amides is 1. The standard InChI is InChI=1S/C25H28ClN3O5S/c1-5-33-24(31)15(3)34-20-12-18(26)17(11-19(20)32-4)22-21(14(2)28-25(35)29-22)23(30)27-13-16-9-7-6-8-10-16/h6-12,15,22H,5,13H2,1-4H3,(H,27,30)(H2,28,29,35)/t15-,22-/m1/s1. The minimum Gasteiger partial charge on any atom is -0.493 e. The first-order valence-corrected chi connectivity index (χ1v) is 11.8. The van der Waals surface area contributed by atoms with Crippen LogP contribution in [0.25, 0.3) is 0 Å². The Morgan fingerprint density at radius 1 is 1.20 bits per heavy atom. The van der Waals surface area contributed by atoms with Gasteiger partial charge in [-0.25, -0.2) is 4.79 Å². The number of benzene rings is 2. The van der Waals surface area contributed by atoms with Gasteiger partial charge in [0.2, 0.25) is 0 Å². The summed E-state index contributed by atoms with van der Waals surface area (Å²) in [6.07, 6.45) is -0.864. The van der Waals surface area contributed by atoms with Gasteiger partial charge in [-0.1, -0.05) is 41.9 Å². The first-order chi connectivity index (χ1) is 16.7. The van der Waals surface area contributed by atoms with Crippen LogP contribution in [0.3, 0.4) is 0 Å². The zero-order chi connectivity index (χ0) is 25.5. The molecule has 10 heteroatoms. The largest absolute Gasteiger partial charge is 0.493 e. The summed E-state index contributed by atoms with van der Waals surface area (Å²) < 4.78 is 16.2. The van der Waals surface area contributed by atoms with Crippen molar-refractivity contribution < 1.29 is 23.8 Å². The van der Waals surface area contributed by atoms with E-state index in [0.29, 0.717) is 39.3 Å². The van der Waals surface area contributed by atoms with Crippen LogP contribution in [0.2, 0.25) is 5.02 Å². The molecule has 3 rings (SSSR count). The lowest BCUT2D eigenvalue weighted by atomic mass is 9.94. The van der Waals surface area contributed by atoms with Crippen molar-refractivity contribution in [3.63, 3.8) is 0 Å². The second kappa shape index (κ2) is 11.9. The second-order valence-electron chi connectivity index (χ2n) is 7.78. The van der Waals surface area contributed by atoms with E-state index in [1.807, 2.05) is 30.3 Å². The number of esters is 1. The SMILES string of the molecule is CCOC(=O)[C@@H](C)Oc1cc(Cl)c([C@H]2NC(=S)NC(C)=C2C(=O)NCc2ccccc2)cc1OC. The number of thiocarbonyl (C=S) groups is 1. The van der Waals surface area contributed by atoms with Crippen molar-refractivity contribution in [2.75, 3.05) is 13.7 Å². The number of hydrogen-bond acceptors (Lipinski definition) is 6. The van der Waals surface area contributed by atoms with Gasteiger partial charge in [0.05, 0.1) is 30.4 Å². The summed E-state index contributed by atoms with van der Waals surface area (Å²) in [6, 6.07) is 12.2. The average molecular weight is 518 g/mol. The molecular weight excluding hydrogens is 490 g/mol. The number of ether oxygens (including phenoxy) is 3. The van der Waals surface area contributed by atoms with Crippen LogP contribution in [0.15, 0.2) is 53.7 Å². The minimum atomic E-state index is -0.864. The van der Waals surface area contributed by atoms with Gasteiger partial charge < -0.3 is 30.2 Å². The lowest BCUT2D eigenvalue weighted by Crippen LogP contribution is -2.46. The number of methoxy groups -OCH3 is 1. The van der Waals surface area contributed by atoms with E-state index in [0.717, 1.165) is 5.56 Å². The fraction of sp³-hybridized carbons (Fsp3) is 0.320. The smallest absolute Gasteiger partial charge is 0.347 e. The predicted molar refractivity (Wildman–Crippen MR) is 137 cm³/mol. The molecule has 0 aliphatic carbocycles. The average Bonchev–Trinajstić information content (AvgIpc) is 2.83. The maximum atomic E-state index is 13.2. The molecule has 0 saturated carbocycles. The highest BCUT2D eigenvalue weighted by atomic mass is 35.5. The molecule has 1 amide bonds. The van der Waals surface area contributed by atoms with Gasteiger partial charge in [0, 0.05) is 23.9 Å². The Hall–Kier alpha value is -3.30. The monoisotopic (exact) mass is 517 g/mol. The summed E-state index contributed by atoms with van der Waals surface area (Å²) in [5.74, 6) is -0.163. The van der Waals surface area contributed by atoms with E-state index in [-0.39, 0.29) is 18.3 Å². The Balaban J connectivity index is 1.91. The van der Waals surface area contributed by atoms with E-state index in [1.54, 1.807) is 32.9 Å². The predicted octanol–water partition coefficient (Wildman–Crippen LogP) is 3.79. The molecule has 0 unspecified atom stereocenters. The summed E-state index contributed by atoms with van der Waals surface area (Å²) in [4.78, 5) is 25.2. The normalized spacial score (nSPS) is 16.0. The van der Waals surface area contributed by atoms with Gasteiger partial charge in [-0.15, -0.1) is 0 Å². The number of carbonyl (C=O) groups is 2. The molecule has 1 aliphatic heterocycles. The van der Waals surface area contributed by atoms with Crippen LogP contribution in [-0.4, -0.2) is 36.8 Å². The summed E-state index contributed by atoms with van der Waals surface area (Å²) in [6.45, 7) is 5.68. The van der Waals surface area contributed by atoms with Gasteiger partial charge in [0.15, 0.2) is 22.7 Å². The highest BCUT2D eigenvalue weighted by molar-refractivity contribution is 7.80. The van der Waals surface area contributed by atoms with Gasteiger partial charge in [0.25, 0.3) is 5.91 Å². The first-order valence-electron chi connectivity index (χ1n) is 11.1. The third-order valence-electron chi connectivity index (χ3n) is 5.33. The van der Waals surface area contributed by atoms with Crippen molar-refractivity contribution >= 4 is 40.8 Å². The lowest BCUT2D eigenvalue weighted by Gasteiger charge is -2.31. The minimum absolute atomic E-state index is 0.242. The van der Waals surface area contributed by atoms with E-state index in [4.69, 9.17) is 38.0 Å². The zero-order valence-electron chi connectivity index (χ0n) is 19.9. The number of carbonyl (C=O) groups excluding carboxylic acids is 2. The maximum Gasteiger partial charge on any atom is 0.347 e. The molecule has 0 radical (unpaired) electrons. The van der Waals surface area contributed by atoms with Crippen LogP contribution in [-0.2, 0) is 20.9 Å². The van der Waals surface area contributed by atoms with Crippen molar-refractivity contribution in [1.29, 1.82) is 0 Å². The Bertz CT molecular complexity index is 1140. The van der Waals surface area contributed by atoms with Gasteiger partial charge in [-0.3, -0.25) is 4.79 Å². The first kappa shape index (κ1) is 26.3. The molecule has 2 aromatic carbocycles.